The predicted molar refractivity (Wildman–Crippen MR) is 117 cm³/mol. The van der Waals surface area contributed by atoms with Gasteiger partial charge in [-0.1, -0.05) is 6.07 Å². The SMILES string of the molecule is COc1ccc(NC(=O)COc2ccc(S(=O)(=O)Nc3cccc(OC)c3)cc2)cc1. The number of carbonyl (C=O) groups is 1. The van der Waals surface area contributed by atoms with E-state index in [0.717, 1.165) is 0 Å². The van der Waals surface area contributed by atoms with Crippen LogP contribution in [-0.4, -0.2) is 35.2 Å². The number of hydrogen-bond donors (Lipinski definition) is 2. The number of anilines is 2. The third kappa shape index (κ3) is 6.13. The average molecular weight is 442 g/mol. The Bertz CT molecular complexity index is 1130. The fourth-order valence-corrected chi connectivity index (χ4v) is 3.69. The van der Waals surface area contributed by atoms with Crippen molar-refractivity contribution in [1.29, 1.82) is 0 Å². The maximum absolute atomic E-state index is 12.6. The lowest BCUT2D eigenvalue weighted by Gasteiger charge is -2.11. The number of carbonyl (C=O) groups excluding carboxylic acids is 1. The van der Waals surface area contributed by atoms with Gasteiger partial charge in [0.2, 0.25) is 0 Å². The molecule has 31 heavy (non-hydrogen) atoms. The summed E-state index contributed by atoms with van der Waals surface area (Å²) in [5, 5.41) is 2.70. The van der Waals surface area contributed by atoms with Crippen LogP contribution in [0.2, 0.25) is 0 Å². The average Bonchev–Trinajstić information content (AvgIpc) is 2.78. The van der Waals surface area contributed by atoms with Gasteiger partial charge in [-0.05, 0) is 60.7 Å². The van der Waals surface area contributed by atoms with Gasteiger partial charge >= 0.3 is 0 Å². The van der Waals surface area contributed by atoms with Crippen molar-refractivity contribution in [3.63, 3.8) is 0 Å². The molecule has 0 spiro atoms. The van der Waals surface area contributed by atoms with E-state index in [4.69, 9.17) is 14.2 Å². The molecule has 8 nitrogen and oxygen atoms in total. The van der Waals surface area contributed by atoms with Crippen molar-refractivity contribution < 1.29 is 27.4 Å². The van der Waals surface area contributed by atoms with Crippen LogP contribution in [0.4, 0.5) is 11.4 Å². The van der Waals surface area contributed by atoms with Crippen LogP contribution in [0.15, 0.2) is 77.7 Å². The van der Waals surface area contributed by atoms with Gasteiger partial charge in [0.05, 0.1) is 24.8 Å². The molecule has 9 heteroatoms. The van der Waals surface area contributed by atoms with Crippen LogP contribution in [0.25, 0.3) is 0 Å². The molecule has 0 bridgehead atoms. The predicted octanol–water partition coefficient (Wildman–Crippen LogP) is 3.52. The molecule has 0 aliphatic rings. The summed E-state index contributed by atoms with van der Waals surface area (Å²) in [6, 6.07) is 19.3. The van der Waals surface area contributed by atoms with Gasteiger partial charge in [0, 0.05) is 11.8 Å². The summed E-state index contributed by atoms with van der Waals surface area (Å²) < 4.78 is 43.2. The monoisotopic (exact) mass is 442 g/mol. The van der Waals surface area contributed by atoms with Gasteiger partial charge < -0.3 is 19.5 Å². The van der Waals surface area contributed by atoms with Gasteiger partial charge in [-0.15, -0.1) is 0 Å². The fraction of sp³-hybridized carbons (Fsp3) is 0.136. The van der Waals surface area contributed by atoms with Crippen LogP contribution in [0.3, 0.4) is 0 Å². The van der Waals surface area contributed by atoms with Gasteiger partial charge in [0.25, 0.3) is 15.9 Å². The molecule has 0 saturated heterocycles. The van der Waals surface area contributed by atoms with E-state index in [-0.39, 0.29) is 17.4 Å². The molecule has 2 N–H and O–H groups in total. The molecule has 0 radical (unpaired) electrons. The van der Waals surface area contributed by atoms with Crippen molar-refractivity contribution in [1.82, 2.24) is 0 Å². The molecule has 3 aromatic rings. The first kappa shape index (κ1) is 22.0. The first-order valence-electron chi connectivity index (χ1n) is 9.23. The van der Waals surface area contributed by atoms with Crippen LogP contribution >= 0.6 is 0 Å². The summed E-state index contributed by atoms with van der Waals surface area (Å²) in [6.07, 6.45) is 0. The molecular weight excluding hydrogens is 420 g/mol. The number of rotatable bonds is 9. The fourth-order valence-electron chi connectivity index (χ4n) is 2.64. The molecule has 0 atom stereocenters. The standard InChI is InChI=1S/C22H22N2O6S/c1-28-18-8-6-16(7-9-18)23-22(25)15-30-19-10-12-21(13-11-19)31(26,27)24-17-4-3-5-20(14-17)29-2/h3-14,24H,15H2,1-2H3,(H,23,25). The topological polar surface area (TPSA) is 103 Å². The minimum atomic E-state index is -3.78. The Morgan fingerprint density at radius 2 is 1.45 bits per heavy atom. The van der Waals surface area contributed by atoms with E-state index >= 15 is 0 Å². The quantitative estimate of drug-likeness (QED) is 0.526. The zero-order valence-electron chi connectivity index (χ0n) is 17.0. The largest absolute Gasteiger partial charge is 0.497 e. The number of nitrogens with one attached hydrogen (secondary N) is 2. The van der Waals surface area contributed by atoms with E-state index in [1.165, 1.54) is 31.4 Å². The summed E-state index contributed by atoms with van der Waals surface area (Å²) in [5.41, 5.74) is 0.995. The molecule has 0 unspecified atom stereocenters. The first-order chi connectivity index (χ1) is 14.9. The van der Waals surface area contributed by atoms with Crippen LogP contribution in [0.1, 0.15) is 0 Å². The number of ether oxygens (including phenoxy) is 3. The highest BCUT2D eigenvalue weighted by molar-refractivity contribution is 7.92. The van der Waals surface area contributed by atoms with Gasteiger partial charge in [0.1, 0.15) is 17.2 Å². The maximum Gasteiger partial charge on any atom is 0.262 e. The first-order valence-corrected chi connectivity index (χ1v) is 10.7. The molecule has 0 aliphatic carbocycles. The lowest BCUT2D eigenvalue weighted by atomic mass is 10.3. The van der Waals surface area contributed by atoms with Crippen molar-refractivity contribution in [2.24, 2.45) is 0 Å². The maximum atomic E-state index is 12.6. The van der Waals surface area contributed by atoms with E-state index in [0.29, 0.717) is 28.6 Å². The summed E-state index contributed by atoms with van der Waals surface area (Å²) in [7, 11) is -0.718. The Kier molecular flexibility index (Phi) is 6.99. The highest BCUT2D eigenvalue weighted by Gasteiger charge is 2.15. The summed E-state index contributed by atoms with van der Waals surface area (Å²) in [6.45, 7) is -0.222. The summed E-state index contributed by atoms with van der Waals surface area (Å²) in [4.78, 5) is 12.1. The van der Waals surface area contributed by atoms with Crippen molar-refractivity contribution in [2.75, 3.05) is 30.9 Å². The van der Waals surface area contributed by atoms with E-state index < -0.39 is 10.0 Å². The molecular formula is C22H22N2O6S. The second kappa shape index (κ2) is 9.86. The number of hydrogen-bond acceptors (Lipinski definition) is 6. The molecule has 0 heterocycles. The molecule has 0 aliphatic heterocycles. The minimum Gasteiger partial charge on any atom is -0.497 e. The molecule has 0 aromatic heterocycles. The molecule has 0 saturated carbocycles. The zero-order valence-corrected chi connectivity index (χ0v) is 17.8. The third-order valence-electron chi connectivity index (χ3n) is 4.20. The molecule has 162 valence electrons. The lowest BCUT2D eigenvalue weighted by Crippen LogP contribution is -2.20. The molecule has 3 aromatic carbocycles. The van der Waals surface area contributed by atoms with Gasteiger partial charge in [-0.2, -0.15) is 0 Å². The Morgan fingerprint density at radius 3 is 2.10 bits per heavy atom. The third-order valence-corrected chi connectivity index (χ3v) is 5.60. The van der Waals surface area contributed by atoms with Crippen molar-refractivity contribution in [2.45, 2.75) is 4.90 Å². The van der Waals surface area contributed by atoms with Crippen LogP contribution in [0, 0.1) is 0 Å². The number of amides is 1. The Balaban J connectivity index is 1.56. The second-order valence-electron chi connectivity index (χ2n) is 6.37. The molecule has 3 rings (SSSR count). The smallest absolute Gasteiger partial charge is 0.262 e. The van der Waals surface area contributed by atoms with Gasteiger partial charge in [0.15, 0.2) is 6.61 Å². The van der Waals surface area contributed by atoms with Gasteiger partial charge in [-0.25, -0.2) is 8.42 Å². The van der Waals surface area contributed by atoms with Crippen molar-refractivity contribution >= 4 is 27.3 Å². The molecule has 1 amide bonds. The van der Waals surface area contributed by atoms with Crippen LogP contribution < -0.4 is 24.2 Å². The summed E-state index contributed by atoms with van der Waals surface area (Å²) >= 11 is 0. The zero-order chi connectivity index (χ0) is 22.3. The van der Waals surface area contributed by atoms with Crippen LogP contribution in [-0.2, 0) is 14.8 Å². The van der Waals surface area contributed by atoms with Crippen molar-refractivity contribution in [3.05, 3.63) is 72.8 Å². The summed E-state index contributed by atoms with van der Waals surface area (Å²) in [5.74, 6) is 1.24. The van der Waals surface area contributed by atoms with Gasteiger partial charge in [-0.3, -0.25) is 9.52 Å². The Morgan fingerprint density at radius 1 is 0.806 bits per heavy atom. The highest BCUT2D eigenvalue weighted by atomic mass is 32.2. The van der Waals surface area contributed by atoms with E-state index in [1.54, 1.807) is 55.6 Å². The minimum absolute atomic E-state index is 0.0605. The second-order valence-corrected chi connectivity index (χ2v) is 8.06. The van der Waals surface area contributed by atoms with E-state index in [1.807, 2.05) is 0 Å². The lowest BCUT2D eigenvalue weighted by molar-refractivity contribution is -0.118. The number of benzene rings is 3. The van der Waals surface area contributed by atoms with E-state index in [9.17, 15) is 13.2 Å². The van der Waals surface area contributed by atoms with Crippen molar-refractivity contribution in [3.8, 4) is 17.2 Å². The van der Waals surface area contributed by atoms with Crippen LogP contribution in [0.5, 0.6) is 17.2 Å². The Hall–Kier alpha value is -3.72. The highest BCUT2D eigenvalue weighted by Crippen LogP contribution is 2.22. The normalized spacial score (nSPS) is 10.8. The number of sulfonamides is 1. The number of methoxy groups -OCH3 is 2. The van der Waals surface area contributed by atoms with E-state index in [2.05, 4.69) is 10.0 Å². The molecule has 0 fully saturated rings. The Labute approximate surface area is 180 Å².